The molecule has 1 aliphatic heterocycles. The molecule has 0 N–H and O–H groups in total. The lowest BCUT2D eigenvalue weighted by atomic mass is 10.0. The van der Waals surface area contributed by atoms with E-state index in [1.807, 2.05) is 0 Å². The third kappa shape index (κ3) is 4.57. The minimum absolute atomic E-state index is 0.0533. The topological polar surface area (TPSA) is 27.7 Å². The average molecular weight is 430 g/mol. The van der Waals surface area contributed by atoms with E-state index in [-0.39, 0.29) is 28.5 Å². The van der Waals surface area contributed by atoms with Gasteiger partial charge in [-0.15, -0.1) is 0 Å². The van der Waals surface area contributed by atoms with Crippen LogP contribution in [0.5, 0.6) is 0 Å². The third-order valence-electron chi connectivity index (χ3n) is 5.00. The number of hydrogen-bond acceptors (Lipinski definition) is 3. The molecule has 0 spiro atoms. The summed E-state index contributed by atoms with van der Waals surface area (Å²) < 4.78 is 71.6. The number of halogens is 4. The van der Waals surface area contributed by atoms with Crippen molar-refractivity contribution in [3.05, 3.63) is 82.4 Å². The van der Waals surface area contributed by atoms with Gasteiger partial charge in [0.15, 0.2) is 17.5 Å². The van der Waals surface area contributed by atoms with Crippen molar-refractivity contribution in [2.75, 3.05) is 26.9 Å². The van der Waals surface area contributed by atoms with Crippen molar-refractivity contribution in [3.8, 4) is 11.8 Å². The van der Waals surface area contributed by atoms with Crippen LogP contribution in [-0.4, -0.2) is 33.0 Å². The predicted octanol–water partition coefficient (Wildman–Crippen LogP) is 4.90. The first kappa shape index (κ1) is 21.3. The Kier molecular flexibility index (Phi) is 6.23. The quantitative estimate of drug-likeness (QED) is 0.336. The zero-order valence-corrected chi connectivity index (χ0v) is 16.6. The van der Waals surface area contributed by atoms with Crippen LogP contribution in [0.1, 0.15) is 22.8 Å². The van der Waals surface area contributed by atoms with Gasteiger partial charge in [-0.05, 0) is 41.3 Å². The van der Waals surface area contributed by atoms with Gasteiger partial charge in [0.1, 0.15) is 18.0 Å². The number of rotatable bonds is 3. The van der Waals surface area contributed by atoms with E-state index in [2.05, 4.69) is 11.8 Å². The van der Waals surface area contributed by atoms with E-state index in [0.717, 1.165) is 6.07 Å². The Bertz CT molecular complexity index is 1170. The fourth-order valence-electron chi connectivity index (χ4n) is 3.37. The van der Waals surface area contributed by atoms with Gasteiger partial charge in [0.2, 0.25) is 0 Å². The molecule has 0 saturated carbocycles. The molecule has 0 aliphatic carbocycles. The van der Waals surface area contributed by atoms with Crippen LogP contribution in [0.15, 0.2) is 42.5 Å². The molecule has 0 bridgehead atoms. The van der Waals surface area contributed by atoms with Crippen LogP contribution in [0.2, 0.25) is 0 Å². The highest BCUT2D eigenvalue weighted by Crippen LogP contribution is 2.26. The van der Waals surface area contributed by atoms with Crippen molar-refractivity contribution in [2.24, 2.45) is 0 Å². The molecular weight excluding hydrogens is 412 g/mol. The fourth-order valence-corrected chi connectivity index (χ4v) is 3.37. The largest absolute Gasteiger partial charge is 0.382 e. The van der Waals surface area contributed by atoms with E-state index < -0.39 is 23.3 Å². The van der Waals surface area contributed by atoms with Crippen LogP contribution in [0.3, 0.4) is 0 Å². The highest BCUT2D eigenvalue weighted by atomic mass is 19.2. The Balaban J connectivity index is 1.53. The van der Waals surface area contributed by atoms with E-state index in [1.54, 1.807) is 13.2 Å². The maximum Gasteiger partial charge on any atom is 0.195 e. The van der Waals surface area contributed by atoms with Gasteiger partial charge in [-0.2, -0.15) is 0 Å². The summed E-state index contributed by atoms with van der Waals surface area (Å²) in [4.78, 5) is 0. The zero-order chi connectivity index (χ0) is 22.0. The molecule has 2 atom stereocenters. The van der Waals surface area contributed by atoms with Gasteiger partial charge in [-0.1, -0.05) is 24.0 Å². The molecule has 3 nitrogen and oxygen atoms in total. The summed E-state index contributed by atoms with van der Waals surface area (Å²) in [6.07, 6.45) is -0.521. The van der Waals surface area contributed by atoms with Gasteiger partial charge in [0.05, 0.1) is 25.4 Å². The number of hydrogen-bond donors (Lipinski definition) is 0. The molecule has 1 heterocycles. The second-order valence-corrected chi connectivity index (χ2v) is 7.14. The van der Waals surface area contributed by atoms with Gasteiger partial charge in [-0.3, -0.25) is 0 Å². The van der Waals surface area contributed by atoms with Gasteiger partial charge in [-0.25, -0.2) is 17.6 Å². The standard InChI is InChI=1S/C24H18F4O3/c1-29-11-18-12-31-22(13-30-18)16-6-5-15(20(25)9-16)4-2-14-3-7-19-17(8-14)10-21(26)24(28)23(19)27/h3,5-10,18,22H,11-13H2,1H3/t18-,22-/m1/s1. The summed E-state index contributed by atoms with van der Waals surface area (Å²) in [6, 6.07) is 9.70. The Labute approximate surface area is 176 Å². The fraction of sp³-hybridized carbons (Fsp3) is 0.250. The van der Waals surface area contributed by atoms with E-state index >= 15 is 0 Å². The molecule has 0 unspecified atom stereocenters. The Morgan fingerprint density at radius 1 is 0.903 bits per heavy atom. The number of fused-ring (bicyclic) bond motifs is 1. The van der Waals surface area contributed by atoms with Crippen LogP contribution in [0.4, 0.5) is 17.6 Å². The molecule has 0 radical (unpaired) electrons. The summed E-state index contributed by atoms with van der Waals surface area (Å²) in [6.45, 7) is 1.08. The maximum absolute atomic E-state index is 14.5. The van der Waals surface area contributed by atoms with Crippen molar-refractivity contribution < 1.29 is 31.8 Å². The van der Waals surface area contributed by atoms with Gasteiger partial charge < -0.3 is 14.2 Å². The first-order valence-electron chi connectivity index (χ1n) is 9.57. The minimum atomic E-state index is -1.52. The second kappa shape index (κ2) is 9.06. The highest BCUT2D eigenvalue weighted by Gasteiger charge is 2.24. The molecule has 31 heavy (non-hydrogen) atoms. The molecule has 1 fully saturated rings. The van der Waals surface area contributed by atoms with Crippen LogP contribution in [0.25, 0.3) is 10.8 Å². The molecule has 0 amide bonds. The third-order valence-corrected chi connectivity index (χ3v) is 5.00. The van der Waals surface area contributed by atoms with Gasteiger partial charge in [0.25, 0.3) is 0 Å². The van der Waals surface area contributed by atoms with Crippen LogP contribution < -0.4 is 0 Å². The molecule has 1 saturated heterocycles. The lowest BCUT2D eigenvalue weighted by molar-refractivity contribution is -0.150. The molecule has 7 heteroatoms. The van der Waals surface area contributed by atoms with Gasteiger partial charge >= 0.3 is 0 Å². The monoisotopic (exact) mass is 430 g/mol. The van der Waals surface area contributed by atoms with E-state index in [0.29, 0.717) is 30.9 Å². The lowest BCUT2D eigenvalue weighted by Crippen LogP contribution is -2.34. The Morgan fingerprint density at radius 3 is 2.45 bits per heavy atom. The van der Waals surface area contributed by atoms with Crippen molar-refractivity contribution in [1.82, 2.24) is 0 Å². The molecule has 4 rings (SSSR count). The van der Waals surface area contributed by atoms with E-state index in [1.165, 1.54) is 30.3 Å². The Hall–Kier alpha value is -2.92. The molecule has 160 valence electrons. The zero-order valence-electron chi connectivity index (χ0n) is 16.6. The van der Waals surface area contributed by atoms with Gasteiger partial charge in [0, 0.05) is 18.1 Å². The number of benzene rings is 3. The van der Waals surface area contributed by atoms with Crippen LogP contribution in [-0.2, 0) is 14.2 Å². The number of methoxy groups -OCH3 is 1. The van der Waals surface area contributed by atoms with Crippen molar-refractivity contribution in [1.29, 1.82) is 0 Å². The first-order valence-corrected chi connectivity index (χ1v) is 9.57. The van der Waals surface area contributed by atoms with Crippen molar-refractivity contribution in [3.63, 3.8) is 0 Å². The summed E-state index contributed by atoms with van der Waals surface area (Å²) in [5.74, 6) is 0.912. The Morgan fingerprint density at radius 2 is 1.74 bits per heavy atom. The predicted molar refractivity (Wildman–Crippen MR) is 107 cm³/mol. The van der Waals surface area contributed by atoms with E-state index in [4.69, 9.17) is 14.2 Å². The summed E-state index contributed by atoms with van der Waals surface area (Å²) in [5, 5.41) is 0.114. The summed E-state index contributed by atoms with van der Waals surface area (Å²) in [7, 11) is 1.58. The molecule has 3 aromatic rings. The average Bonchev–Trinajstić information content (AvgIpc) is 2.77. The maximum atomic E-state index is 14.5. The normalized spacial score (nSPS) is 18.6. The summed E-state index contributed by atoms with van der Waals surface area (Å²) in [5.41, 5.74) is 1.21. The second-order valence-electron chi connectivity index (χ2n) is 7.14. The first-order chi connectivity index (χ1) is 15.0. The molecule has 3 aromatic carbocycles. The molecular formula is C24H18F4O3. The molecule has 1 aliphatic rings. The van der Waals surface area contributed by atoms with Crippen LogP contribution >= 0.6 is 0 Å². The highest BCUT2D eigenvalue weighted by molar-refractivity contribution is 5.84. The smallest absolute Gasteiger partial charge is 0.195 e. The molecule has 0 aromatic heterocycles. The lowest BCUT2D eigenvalue weighted by Gasteiger charge is -2.29. The SMILES string of the molecule is COC[C@@H]1CO[C@@H](c2ccc(C#Cc3ccc4c(F)c(F)c(F)cc4c3)c(F)c2)CO1. The van der Waals surface area contributed by atoms with Crippen molar-refractivity contribution in [2.45, 2.75) is 12.2 Å². The summed E-state index contributed by atoms with van der Waals surface area (Å²) >= 11 is 0. The minimum Gasteiger partial charge on any atom is -0.382 e. The van der Waals surface area contributed by atoms with E-state index in [9.17, 15) is 17.6 Å². The van der Waals surface area contributed by atoms with Crippen molar-refractivity contribution >= 4 is 10.8 Å². The van der Waals surface area contributed by atoms with Crippen LogP contribution in [0, 0.1) is 35.1 Å². The number of ether oxygens (including phenoxy) is 3.